The van der Waals surface area contributed by atoms with Crippen molar-refractivity contribution in [3.8, 4) is 0 Å². The molecule has 0 heterocycles. The Morgan fingerprint density at radius 1 is 0.941 bits per heavy atom. The first-order valence-electron chi connectivity index (χ1n) is 6.57. The Morgan fingerprint density at radius 2 is 1.35 bits per heavy atom. The van der Waals surface area contributed by atoms with Gasteiger partial charge in [0.15, 0.2) is 0 Å². The molecule has 0 radical (unpaired) electrons. The lowest BCUT2D eigenvalue weighted by molar-refractivity contribution is 0.161. The minimum Gasteiger partial charge on any atom is -0.218 e. The van der Waals surface area contributed by atoms with Crippen LogP contribution in [0.1, 0.15) is 60.3 Å². The maximum absolute atomic E-state index is 11.7. The Morgan fingerprint density at radius 3 is 1.65 bits per heavy atom. The monoisotopic (exact) mass is 263 g/mol. The largest absolute Gasteiger partial charge is 0.218 e. The predicted octanol–water partition coefficient (Wildman–Crippen LogP) is 3.17. The summed E-state index contributed by atoms with van der Waals surface area (Å²) in [5.74, 6) is 0.225. The zero-order valence-corrected chi connectivity index (χ0v) is 13.1. The van der Waals surface area contributed by atoms with Crippen molar-refractivity contribution < 1.29 is 8.42 Å². The summed E-state index contributed by atoms with van der Waals surface area (Å²) in [6.45, 7) is 10.8. The van der Waals surface area contributed by atoms with Gasteiger partial charge >= 0.3 is 0 Å². The van der Waals surface area contributed by atoms with Crippen LogP contribution in [0.15, 0.2) is 0 Å². The van der Waals surface area contributed by atoms with Crippen LogP contribution in [0.5, 0.6) is 0 Å². The summed E-state index contributed by atoms with van der Waals surface area (Å²) in [5, 5.41) is 0. The van der Waals surface area contributed by atoms with Gasteiger partial charge in [-0.05, 0) is 30.7 Å². The van der Waals surface area contributed by atoms with E-state index in [0.717, 1.165) is 25.7 Å². The molecular weight excluding hydrogens is 234 g/mol. The average molecular weight is 263 g/mol. The van der Waals surface area contributed by atoms with E-state index in [0.29, 0.717) is 0 Å². The second-order valence-electron chi connectivity index (χ2n) is 5.82. The smallest absolute Gasteiger partial charge is 0.211 e. The standard InChI is InChI=1S/C13H29NO2S/c1-7-12(4,8-2)10-13(5,9-3)11-17(15,16)14-6/h14H,7-11H2,1-6H3. The van der Waals surface area contributed by atoms with E-state index in [1.807, 2.05) is 0 Å². The number of hydrogen-bond acceptors (Lipinski definition) is 2. The van der Waals surface area contributed by atoms with E-state index >= 15 is 0 Å². The van der Waals surface area contributed by atoms with Gasteiger partial charge in [-0.3, -0.25) is 0 Å². The highest BCUT2D eigenvalue weighted by Gasteiger charge is 2.35. The molecule has 0 aromatic carbocycles. The molecule has 1 N–H and O–H groups in total. The lowest BCUT2D eigenvalue weighted by Gasteiger charge is -2.38. The van der Waals surface area contributed by atoms with Crippen LogP contribution >= 0.6 is 0 Å². The van der Waals surface area contributed by atoms with Crippen LogP contribution in [0, 0.1) is 10.8 Å². The van der Waals surface area contributed by atoms with Gasteiger partial charge in [-0.1, -0.05) is 47.5 Å². The summed E-state index contributed by atoms with van der Waals surface area (Å²) >= 11 is 0. The molecule has 0 aliphatic rings. The molecule has 0 bridgehead atoms. The van der Waals surface area contributed by atoms with Crippen molar-refractivity contribution in [2.75, 3.05) is 12.8 Å². The van der Waals surface area contributed by atoms with Gasteiger partial charge in [0.1, 0.15) is 0 Å². The average Bonchev–Trinajstić information content (AvgIpc) is 2.28. The maximum Gasteiger partial charge on any atom is 0.211 e. The topological polar surface area (TPSA) is 46.2 Å². The second-order valence-corrected chi connectivity index (χ2v) is 7.75. The zero-order valence-electron chi connectivity index (χ0n) is 12.3. The molecule has 3 nitrogen and oxygen atoms in total. The van der Waals surface area contributed by atoms with Crippen molar-refractivity contribution in [1.82, 2.24) is 4.72 Å². The molecule has 0 rings (SSSR count). The van der Waals surface area contributed by atoms with Gasteiger partial charge in [0, 0.05) is 0 Å². The van der Waals surface area contributed by atoms with Crippen LogP contribution in [0.2, 0.25) is 0 Å². The molecule has 4 heteroatoms. The normalized spacial score (nSPS) is 16.8. The van der Waals surface area contributed by atoms with Gasteiger partial charge in [-0.15, -0.1) is 0 Å². The first-order valence-corrected chi connectivity index (χ1v) is 8.22. The Labute approximate surface area is 107 Å². The molecule has 0 aliphatic carbocycles. The quantitative estimate of drug-likeness (QED) is 0.731. The predicted molar refractivity (Wildman–Crippen MR) is 74.6 cm³/mol. The highest BCUT2D eigenvalue weighted by atomic mass is 32.2. The molecular formula is C13H29NO2S. The third kappa shape index (κ3) is 5.38. The Balaban J connectivity index is 4.92. The Hall–Kier alpha value is -0.0900. The van der Waals surface area contributed by atoms with Gasteiger partial charge in [0.2, 0.25) is 10.0 Å². The van der Waals surface area contributed by atoms with Crippen LogP contribution in [0.4, 0.5) is 0 Å². The first-order chi connectivity index (χ1) is 7.66. The van der Waals surface area contributed by atoms with Crippen molar-refractivity contribution in [1.29, 1.82) is 0 Å². The van der Waals surface area contributed by atoms with Crippen LogP contribution in [-0.2, 0) is 10.0 Å². The molecule has 0 spiro atoms. The minimum absolute atomic E-state index is 0.136. The molecule has 0 aromatic rings. The van der Waals surface area contributed by atoms with Gasteiger partial charge in [-0.2, -0.15) is 0 Å². The van der Waals surface area contributed by atoms with Crippen molar-refractivity contribution in [3.63, 3.8) is 0 Å². The summed E-state index contributed by atoms with van der Waals surface area (Å²) in [4.78, 5) is 0. The summed E-state index contributed by atoms with van der Waals surface area (Å²) < 4.78 is 25.9. The van der Waals surface area contributed by atoms with Gasteiger partial charge in [0.05, 0.1) is 5.75 Å². The van der Waals surface area contributed by atoms with Crippen LogP contribution in [0.25, 0.3) is 0 Å². The van der Waals surface area contributed by atoms with Gasteiger partial charge < -0.3 is 0 Å². The fourth-order valence-corrected chi connectivity index (χ4v) is 3.71. The number of hydrogen-bond donors (Lipinski definition) is 1. The molecule has 0 amide bonds. The Bertz CT molecular complexity index is 320. The van der Waals surface area contributed by atoms with Crippen molar-refractivity contribution >= 4 is 10.0 Å². The van der Waals surface area contributed by atoms with E-state index in [1.54, 1.807) is 0 Å². The van der Waals surface area contributed by atoms with E-state index in [2.05, 4.69) is 39.3 Å². The van der Waals surface area contributed by atoms with E-state index < -0.39 is 10.0 Å². The molecule has 104 valence electrons. The van der Waals surface area contributed by atoms with Crippen molar-refractivity contribution in [3.05, 3.63) is 0 Å². The van der Waals surface area contributed by atoms with E-state index in [-0.39, 0.29) is 16.6 Å². The van der Waals surface area contributed by atoms with E-state index in [9.17, 15) is 8.42 Å². The summed E-state index contributed by atoms with van der Waals surface area (Å²) in [7, 11) is -1.64. The zero-order chi connectivity index (χ0) is 13.7. The molecule has 1 unspecified atom stereocenters. The summed E-state index contributed by atoms with van der Waals surface area (Å²) in [6, 6.07) is 0. The second kappa shape index (κ2) is 6.19. The SMILES string of the molecule is CCC(C)(CC)CC(C)(CC)CS(=O)(=O)NC. The molecule has 0 fully saturated rings. The van der Waals surface area contributed by atoms with Crippen molar-refractivity contribution in [2.24, 2.45) is 10.8 Å². The highest BCUT2D eigenvalue weighted by molar-refractivity contribution is 7.89. The molecule has 0 saturated heterocycles. The van der Waals surface area contributed by atoms with Crippen LogP contribution < -0.4 is 4.72 Å². The van der Waals surface area contributed by atoms with E-state index in [1.165, 1.54) is 7.05 Å². The highest BCUT2D eigenvalue weighted by Crippen LogP contribution is 2.41. The number of rotatable bonds is 8. The lowest BCUT2D eigenvalue weighted by atomic mass is 9.70. The summed E-state index contributed by atoms with van der Waals surface area (Å²) in [6.07, 6.45) is 4.05. The van der Waals surface area contributed by atoms with Gasteiger partial charge in [-0.25, -0.2) is 13.1 Å². The Kier molecular flexibility index (Phi) is 6.15. The molecule has 0 aliphatic heterocycles. The van der Waals surface area contributed by atoms with Gasteiger partial charge in [0.25, 0.3) is 0 Å². The third-order valence-corrected chi connectivity index (χ3v) is 5.96. The molecule has 1 atom stereocenters. The van der Waals surface area contributed by atoms with E-state index in [4.69, 9.17) is 0 Å². The van der Waals surface area contributed by atoms with Crippen LogP contribution in [-0.4, -0.2) is 21.2 Å². The first kappa shape index (κ1) is 16.9. The number of sulfonamides is 1. The van der Waals surface area contributed by atoms with Crippen molar-refractivity contribution in [2.45, 2.75) is 60.3 Å². The summed E-state index contributed by atoms with van der Waals surface area (Å²) in [5.41, 5.74) is 0.108. The molecule has 0 saturated carbocycles. The lowest BCUT2D eigenvalue weighted by Crippen LogP contribution is -2.36. The minimum atomic E-state index is -3.13. The molecule has 17 heavy (non-hydrogen) atoms. The molecule has 0 aromatic heterocycles. The number of nitrogens with one attached hydrogen (secondary N) is 1. The fraction of sp³-hybridized carbons (Fsp3) is 1.00. The third-order valence-electron chi connectivity index (χ3n) is 4.26. The maximum atomic E-state index is 11.7. The fourth-order valence-electron chi connectivity index (χ4n) is 2.34. The van der Waals surface area contributed by atoms with Crippen LogP contribution in [0.3, 0.4) is 0 Å².